The fraction of sp³-hybridized carbons (Fsp3) is 0.333. The van der Waals surface area contributed by atoms with Crippen LogP contribution in [0.15, 0.2) is 34.9 Å². The number of hydrogen-bond donors (Lipinski definition) is 2. The molecule has 3 rings (SSSR count). The van der Waals surface area contributed by atoms with Crippen molar-refractivity contribution in [1.29, 1.82) is 0 Å². The molecule has 0 bridgehead atoms. The summed E-state index contributed by atoms with van der Waals surface area (Å²) in [6.07, 6.45) is 2.60. The third kappa shape index (κ3) is 2.84. The number of hydrogen-bond acceptors (Lipinski definition) is 3. The predicted octanol–water partition coefficient (Wildman–Crippen LogP) is 2.76. The third-order valence-electron chi connectivity index (χ3n) is 3.84. The van der Waals surface area contributed by atoms with E-state index in [9.17, 15) is 9.59 Å². The van der Waals surface area contributed by atoms with Gasteiger partial charge in [-0.3, -0.25) is 4.79 Å². The molecule has 0 spiro atoms. The monoisotopic (exact) mass is 288 g/mol. The summed E-state index contributed by atoms with van der Waals surface area (Å²) in [5.41, 5.74) is 1.39. The molecule has 21 heavy (non-hydrogen) atoms. The largest absolute Gasteiger partial charge is 0.481 e. The maximum absolute atomic E-state index is 12.2. The summed E-state index contributed by atoms with van der Waals surface area (Å²) in [6.45, 7) is 0.928. The van der Waals surface area contributed by atoms with E-state index in [0.717, 1.165) is 11.0 Å². The molecule has 1 saturated heterocycles. The number of likely N-dealkylation sites (tertiary alicyclic amines) is 1. The number of carbonyl (C=O) groups excluding carboxylic acids is 1. The lowest BCUT2D eigenvalue weighted by Gasteiger charge is -2.30. The molecule has 6 nitrogen and oxygen atoms in total. The van der Waals surface area contributed by atoms with Crippen LogP contribution in [-0.2, 0) is 4.79 Å². The first-order chi connectivity index (χ1) is 10.1. The lowest BCUT2D eigenvalue weighted by molar-refractivity contribution is -0.143. The zero-order valence-corrected chi connectivity index (χ0v) is 11.4. The fourth-order valence-electron chi connectivity index (χ4n) is 2.56. The second-order valence-corrected chi connectivity index (χ2v) is 5.20. The highest BCUT2D eigenvalue weighted by Gasteiger charge is 2.26. The molecule has 0 unspecified atom stereocenters. The quantitative estimate of drug-likeness (QED) is 0.890. The highest BCUT2D eigenvalue weighted by Crippen LogP contribution is 2.22. The van der Waals surface area contributed by atoms with E-state index in [4.69, 9.17) is 9.52 Å². The number of carbonyl (C=O) groups is 2. The van der Waals surface area contributed by atoms with Crippen LogP contribution in [0, 0.1) is 5.92 Å². The number of urea groups is 1. The maximum Gasteiger partial charge on any atom is 0.321 e. The van der Waals surface area contributed by atoms with Crippen molar-refractivity contribution in [2.24, 2.45) is 5.92 Å². The first-order valence-corrected chi connectivity index (χ1v) is 6.89. The minimum absolute atomic E-state index is 0.204. The van der Waals surface area contributed by atoms with Crippen molar-refractivity contribution in [3.05, 3.63) is 30.5 Å². The van der Waals surface area contributed by atoms with Gasteiger partial charge < -0.3 is 19.7 Å². The molecule has 2 amide bonds. The lowest BCUT2D eigenvalue weighted by atomic mass is 9.97. The van der Waals surface area contributed by atoms with Gasteiger partial charge in [-0.25, -0.2) is 4.79 Å². The van der Waals surface area contributed by atoms with Gasteiger partial charge in [0.2, 0.25) is 0 Å². The van der Waals surface area contributed by atoms with Gasteiger partial charge in [-0.05, 0) is 31.0 Å². The Morgan fingerprint density at radius 2 is 2.00 bits per heavy atom. The molecule has 1 fully saturated rings. The number of amides is 2. The summed E-state index contributed by atoms with van der Waals surface area (Å²) >= 11 is 0. The predicted molar refractivity (Wildman–Crippen MR) is 77.2 cm³/mol. The molecular weight excluding hydrogens is 272 g/mol. The Labute approximate surface area is 121 Å². The molecule has 0 aliphatic carbocycles. The van der Waals surface area contributed by atoms with Gasteiger partial charge in [-0.15, -0.1) is 0 Å². The van der Waals surface area contributed by atoms with Crippen molar-refractivity contribution >= 4 is 28.7 Å². The minimum atomic E-state index is -0.779. The Bertz CT molecular complexity index is 671. The lowest BCUT2D eigenvalue weighted by Crippen LogP contribution is -2.42. The number of aliphatic carboxylic acids is 1. The van der Waals surface area contributed by atoms with Crippen molar-refractivity contribution in [2.45, 2.75) is 12.8 Å². The van der Waals surface area contributed by atoms with Gasteiger partial charge in [-0.1, -0.05) is 0 Å². The second-order valence-electron chi connectivity index (χ2n) is 5.20. The van der Waals surface area contributed by atoms with Gasteiger partial charge >= 0.3 is 12.0 Å². The minimum Gasteiger partial charge on any atom is -0.481 e. The Morgan fingerprint density at radius 1 is 1.24 bits per heavy atom. The third-order valence-corrected chi connectivity index (χ3v) is 3.84. The summed E-state index contributed by atoms with van der Waals surface area (Å²) in [5.74, 6) is -1.12. The summed E-state index contributed by atoms with van der Waals surface area (Å²) in [4.78, 5) is 24.7. The normalized spacial score (nSPS) is 16.1. The van der Waals surface area contributed by atoms with Crippen LogP contribution in [0.25, 0.3) is 11.0 Å². The number of benzene rings is 1. The standard InChI is InChI=1S/C15H16N2O4/c18-14(19)11-3-6-17(7-4-11)15(20)16-12-2-1-10-5-8-21-13(10)9-12/h1-2,5,8-9,11H,3-4,6-7H2,(H,16,20)(H,18,19). The van der Waals surface area contributed by atoms with Crippen LogP contribution in [0.1, 0.15) is 12.8 Å². The van der Waals surface area contributed by atoms with E-state index >= 15 is 0 Å². The summed E-state index contributed by atoms with van der Waals surface area (Å²) in [6, 6.07) is 7.13. The van der Waals surface area contributed by atoms with E-state index in [-0.39, 0.29) is 11.9 Å². The number of nitrogens with zero attached hydrogens (tertiary/aromatic N) is 1. The van der Waals surface area contributed by atoms with E-state index < -0.39 is 5.97 Å². The van der Waals surface area contributed by atoms with E-state index in [1.165, 1.54) is 0 Å². The highest BCUT2D eigenvalue weighted by molar-refractivity contribution is 5.92. The number of furan rings is 1. The van der Waals surface area contributed by atoms with Crippen molar-refractivity contribution < 1.29 is 19.1 Å². The van der Waals surface area contributed by atoms with Gasteiger partial charge in [0.15, 0.2) is 0 Å². The SMILES string of the molecule is O=C(O)C1CCN(C(=O)Nc2ccc3ccoc3c2)CC1. The Hall–Kier alpha value is -2.50. The van der Waals surface area contributed by atoms with E-state index in [1.54, 1.807) is 17.2 Å². The second kappa shape index (κ2) is 5.47. The molecule has 0 saturated carbocycles. The Kier molecular flexibility index (Phi) is 3.51. The number of rotatable bonds is 2. The van der Waals surface area contributed by atoms with Gasteiger partial charge in [0.05, 0.1) is 12.2 Å². The van der Waals surface area contributed by atoms with Gasteiger partial charge in [0.25, 0.3) is 0 Å². The number of nitrogens with one attached hydrogen (secondary N) is 1. The van der Waals surface area contributed by atoms with Crippen molar-refractivity contribution in [3.8, 4) is 0 Å². The molecule has 6 heteroatoms. The molecule has 2 N–H and O–H groups in total. The van der Waals surface area contributed by atoms with E-state index in [2.05, 4.69) is 5.32 Å². The van der Waals surface area contributed by atoms with E-state index in [0.29, 0.717) is 31.6 Å². The average molecular weight is 288 g/mol. The molecule has 1 aromatic carbocycles. The number of carboxylic acid groups (broad SMARTS) is 1. The maximum atomic E-state index is 12.2. The van der Waals surface area contributed by atoms with Crippen LogP contribution in [0.2, 0.25) is 0 Å². The van der Waals surface area contributed by atoms with Crippen LogP contribution in [-0.4, -0.2) is 35.1 Å². The van der Waals surface area contributed by atoms with Gasteiger partial charge in [0, 0.05) is 30.2 Å². The number of piperidine rings is 1. The molecule has 0 atom stereocenters. The summed E-state index contributed by atoms with van der Waals surface area (Å²) in [7, 11) is 0. The number of anilines is 1. The van der Waals surface area contributed by atoms with Crippen molar-refractivity contribution in [3.63, 3.8) is 0 Å². The molecular formula is C15H16N2O4. The van der Waals surface area contributed by atoms with E-state index in [1.807, 2.05) is 18.2 Å². The van der Waals surface area contributed by atoms with Crippen molar-refractivity contribution in [2.75, 3.05) is 18.4 Å². The molecule has 1 aliphatic heterocycles. The Balaban J connectivity index is 1.62. The van der Waals surface area contributed by atoms with Gasteiger partial charge in [0.1, 0.15) is 5.58 Å². The zero-order chi connectivity index (χ0) is 14.8. The highest BCUT2D eigenvalue weighted by atomic mass is 16.4. The zero-order valence-electron chi connectivity index (χ0n) is 11.4. The summed E-state index contributed by atoms with van der Waals surface area (Å²) in [5, 5.41) is 12.7. The number of carboxylic acids is 1. The van der Waals surface area contributed by atoms with Crippen LogP contribution >= 0.6 is 0 Å². The molecule has 110 valence electrons. The molecule has 2 aromatic rings. The smallest absolute Gasteiger partial charge is 0.321 e. The molecule has 0 radical (unpaired) electrons. The van der Waals surface area contributed by atoms with Gasteiger partial charge in [-0.2, -0.15) is 0 Å². The molecule has 2 heterocycles. The first-order valence-electron chi connectivity index (χ1n) is 6.89. The fourth-order valence-corrected chi connectivity index (χ4v) is 2.56. The van der Waals surface area contributed by atoms with Crippen LogP contribution < -0.4 is 5.32 Å². The topological polar surface area (TPSA) is 82.8 Å². The molecule has 1 aliphatic rings. The Morgan fingerprint density at radius 3 is 2.71 bits per heavy atom. The number of fused-ring (bicyclic) bond motifs is 1. The first kappa shape index (κ1) is 13.5. The summed E-state index contributed by atoms with van der Waals surface area (Å²) < 4.78 is 5.30. The van der Waals surface area contributed by atoms with Crippen LogP contribution in [0.3, 0.4) is 0 Å². The van der Waals surface area contributed by atoms with Crippen LogP contribution in [0.4, 0.5) is 10.5 Å². The van der Waals surface area contributed by atoms with Crippen molar-refractivity contribution in [1.82, 2.24) is 4.90 Å². The average Bonchev–Trinajstić information content (AvgIpc) is 2.95. The van der Waals surface area contributed by atoms with Crippen LogP contribution in [0.5, 0.6) is 0 Å². The molecule has 1 aromatic heterocycles.